The molecule has 7 heteroatoms. The number of amides is 1. The van der Waals surface area contributed by atoms with Crippen LogP contribution in [0.3, 0.4) is 0 Å². The van der Waals surface area contributed by atoms with Gasteiger partial charge in [0, 0.05) is 17.6 Å². The van der Waals surface area contributed by atoms with E-state index in [1.165, 1.54) is 6.92 Å². The Bertz CT molecular complexity index is 546. The summed E-state index contributed by atoms with van der Waals surface area (Å²) in [7, 11) is 0. The fourth-order valence-corrected chi connectivity index (χ4v) is 6.45. The summed E-state index contributed by atoms with van der Waals surface area (Å²) in [5.41, 5.74) is 1.79. The van der Waals surface area contributed by atoms with Crippen molar-refractivity contribution >= 4 is 85.3 Å². The Morgan fingerprint density at radius 1 is 1.30 bits per heavy atom. The van der Waals surface area contributed by atoms with E-state index in [1.54, 1.807) is 0 Å². The number of nitrogens with one attached hydrogen (secondary N) is 1. The number of carbonyl (C=O) groups is 2. The minimum Gasteiger partial charge on any atom is -0.481 e. The Hall–Kier alpha value is 0.350. The molecule has 1 unspecified atom stereocenters. The third-order valence-electron chi connectivity index (χ3n) is 2.83. The van der Waals surface area contributed by atoms with Crippen molar-refractivity contribution in [1.82, 2.24) is 0 Å². The number of anilines is 1. The fraction of sp³-hybridized carbons (Fsp3) is 0.385. The van der Waals surface area contributed by atoms with E-state index in [1.807, 2.05) is 13.0 Å². The van der Waals surface area contributed by atoms with Crippen molar-refractivity contribution in [2.75, 3.05) is 5.32 Å². The molecule has 0 aliphatic rings. The van der Waals surface area contributed by atoms with Crippen LogP contribution < -0.4 is 5.32 Å². The van der Waals surface area contributed by atoms with E-state index in [9.17, 15) is 9.59 Å². The standard InChI is InChI=1S/C13H14I3NO3/c1-3-7(4-10(19)20)11-8(14)5-9(15)13(12(11)16)17-6(2)18/h5,7H,3-4H2,1-2H3,(H,17,18)(H,19,20). The molecule has 0 radical (unpaired) electrons. The first-order valence-corrected chi connectivity index (χ1v) is 9.18. The summed E-state index contributed by atoms with van der Waals surface area (Å²) in [6.45, 7) is 3.45. The van der Waals surface area contributed by atoms with Crippen LogP contribution >= 0.6 is 67.8 Å². The van der Waals surface area contributed by atoms with Crippen LogP contribution in [0.25, 0.3) is 0 Å². The van der Waals surface area contributed by atoms with Gasteiger partial charge in [0.25, 0.3) is 0 Å². The molecule has 0 aromatic heterocycles. The van der Waals surface area contributed by atoms with Gasteiger partial charge in [-0.25, -0.2) is 0 Å². The molecule has 0 spiro atoms. The number of carboxylic acids is 1. The number of benzene rings is 1. The quantitative estimate of drug-likeness (QED) is 0.484. The van der Waals surface area contributed by atoms with E-state index in [0.717, 1.165) is 28.4 Å². The highest BCUT2D eigenvalue weighted by molar-refractivity contribution is 14.1. The average Bonchev–Trinajstić information content (AvgIpc) is 2.32. The molecule has 0 saturated carbocycles. The van der Waals surface area contributed by atoms with Crippen LogP contribution in [-0.4, -0.2) is 17.0 Å². The summed E-state index contributed by atoms with van der Waals surface area (Å²) in [5.74, 6) is -0.974. The highest BCUT2D eigenvalue weighted by atomic mass is 127. The van der Waals surface area contributed by atoms with Crippen molar-refractivity contribution in [3.05, 3.63) is 22.3 Å². The maximum absolute atomic E-state index is 11.3. The molecule has 4 nitrogen and oxygen atoms in total. The number of carboxylic acid groups (broad SMARTS) is 1. The number of hydrogen-bond acceptors (Lipinski definition) is 2. The smallest absolute Gasteiger partial charge is 0.303 e. The van der Waals surface area contributed by atoms with Crippen molar-refractivity contribution in [1.29, 1.82) is 0 Å². The van der Waals surface area contributed by atoms with Gasteiger partial charge in [0.05, 0.1) is 12.1 Å². The Balaban J connectivity index is 3.37. The lowest BCUT2D eigenvalue weighted by atomic mass is 9.93. The molecular formula is C13H14I3NO3. The van der Waals surface area contributed by atoms with E-state index in [-0.39, 0.29) is 18.2 Å². The molecule has 0 heterocycles. The lowest BCUT2D eigenvalue weighted by Crippen LogP contribution is -2.14. The van der Waals surface area contributed by atoms with Gasteiger partial charge in [-0.2, -0.15) is 0 Å². The maximum Gasteiger partial charge on any atom is 0.303 e. The van der Waals surface area contributed by atoms with Gasteiger partial charge in [0.1, 0.15) is 0 Å². The highest BCUT2D eigenvalue weighted by Crippen LogP contribution is 2.38. The van der Waals surface area contributed by atoms with E-state index in [4.69, 9.17) is 5.11 Å². The predicted octanol–water partition coefficient (Wildman–Crippen LogP) is 4.43. The molecular weight excluding hydrogens is 599 g/mol. The van der Waals surface area contributed by atoms with E-state index in [2.05, 4.69) is 73.1 Å². The normalized spacial score (nSPS) is 12.1. The summed E-state index contributed by atoms with van der Waals surface area (Å²) in [5, 5.41) is 11.9. The van der Waals surface area contributed by atoms with Crippen molar-refractivity contribution in [2.45, 2.75) is 32.6 Å². The van der Waals surface area contributed by atoms with Gasteiger partial charge >= 0.3 is 5.97 Å². The van der Waals surface area contributed by atoms with Gasteiger partial charge in [0.15, 0.2) is 0 Å². The zero-order valence-corrected chi connectivity index (χ0v) is 17.4. The van der Waals surface area contributed by atoms with Crippen molar-refractivity contribution in [3.63, 3.8) is 0 Å². The minimum atomic E-state index is -0.803. The number of hydrogen-bond donors (Lipinski definition) is 2. The summed E-state index contributed by atoms with van der Waals surface area (Å²) in [6, 6.07) is 1.98. The molecule has 1 aromatic rings. The zero-order valence-electron chi connectivity index (χ0n) is 11.0. The summed E-state index contributed by atoms with van der Waals surface area (Å²) in [6.07, 6.45) is 0.848. The number of carbonyl (C=O) groups excluding carboxylic acids is 1. The highest BCUT2D eigenvalue weighted by Gasteiger charge is 2.23. The van der Waals surface area contributed by atoms with Crippen molar-refractivity contribution < 1.29 is 14.7 Å². The molecule has 1 aromatic carbocycles. The second kappa shape index (κ2) is 8.11. The molecule has 1 atom stereocenters. The topological polar surface area (TPSA) is 66.4 Å². The zero-order chi connectivity index (χ0) is 15.4. The average molecular weight is 613 g/mol. The van der Waals surface area contributed by atoms with Crippen molar-refractivity contribution in [3.8, 4) is 0 Å². The van der Waals surface area contributed by atoms with E-state index < -0.39 is 5.97 Å². The van der Waals surface area contributed by atoms with Crippen LogP contribution in [-0.2, 0) is 9.59 Å². The monoisotopic (exact) mass is 613 g/mol. The second-order valence-corrected chi connectivity index (χ2v) is 7.73. The second-order valence-electron chi connectivity index (χ2n) is 4.33. The largest absolute Gasteiger partial charge is 0.481 e. The van der Waals surface area contributed by atoms with E-state index in [0.29, 0.717) is 0 Å². The number of aliphatic carboxylic acids is 1. The van der Waals surface area contributed by atoms with Gasteiger partial charge in [-0.3, -0.25) is 9.59 Å². The maximum atomic E-state index is 11.3. The third-order valence-corrected chi connectivity index (χ3v) is 5.69. The first kappa shape index (κ1) is 18.4. The van der Waals surface area contributed by atoms with E-state index >= 15 is 0 Å². The molecule has 2 N–H and O–H groups in total. The van der Waals surface area contributed by atoms with Crippen LogP contribution in [0.5, 0.6) is 0 Å². The first-order valence-electron chi connectivity index (χ1n) is 5.94. The summed E-state index contributed by atoms with van der Waals surface area (Å²) >= 11 is 6.61. The molecule has 0 saturated heterocycles. The summed E-state index contributed by atoms with van der Waals surface area (Å²) in [4.78, 5) is 22.3. The number of halogens is 3. The molecule has 1 amide bonds. The molecule has 0 aliphatic heterocycles. The number of rotatable bonds is 5. The summed E-state index contributed by atoms with van der Waals surface area (Å²) < 4.78 is 2.93. The Morgan fingerprint density at radius 2 is 1.90 bits per heavy atom. The Kier molecular flexibility index (Phi) is 7.46. The third kappa shape index (κ3) is 4.68. The van der Waals surface area contributed by atoms with Crippen molar-refractivity contribution in [2.24, 2.45) is 0 Å². The van der Waals surface area contributed by atoms with Crippen LogP contribution in [0.1, 0.15) is 38.2 Å². The molecule has 0 bridgehead atoms. The van der Waals surface area contributed by atoms with Gasteiger partial charge in [-0.1, -0.05) is 6.92 Å². The van der Waals surface area contributed by atoms with Crippen LogP contribution in [0.15, 0.2) is 6.07 Å². The molecule has 110 valence electrons. The predicted molar refractivity (Wildman–Crippen MR) is 104 cm³/mol. The van der Waals surface area contributed by atoms with Gasteiger partial charge in [-0.15, -0.1) is 0 Å². The fourth-order valence-electron chi connectivity index (χ4n) is 1.93. The van der Waals surface area contributed by atoms with Crippen LogP contribution in [0.4, 0.5) is 5.69 Å². The first-order chi connectivity index (χ1) is 9.27. The molecule has 0 fully saturated rings. The van der Waals surface area contributed by atoms with Crippen LogP contribution in [0.2, 0.25) is 0 Å². The lowest BCUT2D eigenvalue weighted by Gasteiger charge is -2.20. The molecule has 20 heavy (non-hydrogen) atoms. The lowest BCUT2D eigenvalue weighted by molar-refractivity contribution is -0.137. The molecule has 1 rings (SSSR count). The Morgan fingerprint density at radius 3 is 2.35 bits per heavy atom. The van der Waals surface area contributed by atoms with Gasteiger partial charge in [-0.05, 0) is 91.7 Å². The van der Waals surface area contributed by atoms with Gasteiger partial charge < -0.3 is 10.4 Å². The molecule has 0 aliphatic carbocycles. The van der Waals surface area contributed by atoms with Gasteiger partial charge in [0.2, 0.25) is 5.91 Å². The van der Waals surface area contributed by atoms with Crippen LogP contribution in [0, 0.1) is 10.7 Å². The Labute approximate surface area is 158 Å². The SMILES string of the molecule is CCC(CC(=O)O)c1c(I)cc(I)c(NC(C)=O)c1I. The minimum absolute atomic E-state index is 0.0455.